The second-order valence-corrected chi connectivity index (χ2v) is 7.38. The number of benzene rings is 2. The number of hydrogen-bond acceptors (Lipinski definition) is 5. The molecule has 2 heterocycles. The number of hydrogen-bond donors (Lipinski definition) is 2. The van der Waals surface area contributed by atoms with E-state index in [0.717, 1.165) is 21.6 Å². The van der Waals surface area contributed by atoms with E-state index in [2.05, 4.69) is 15.7 Å². The van der Waals surface area contributed by atoms with Crippen LogP contribution in [0.4, 0.5) is 0 Å². The molecule has 4 aromatic rings. The zero-order valence-electron chi connectivity index (χ0n) is 18.0. The van der Waals surface area contributed by atoms with E-state index in [9.17, 15) is 14.4 Å². The number of pyridine rings is 1. The fourth-order valence-electron chi connectivity index (χ4n) is 3.27. The molecule has 0 spiro atoms. The van der Waals surface area contributed by atoms with Crippen molar-refractivity contribution in [3.05, 3.63) is 100 Å². The average Bonchev–Trinajstić information content (AvgIpc) is 3.16. The Morgan fingerprint density at radius 3 is 2.33 bits per heavy atom. The van der Waals surface area contributed by atoms with Gasteiger partial charge in [0.25, 0.3) is 5.91 Å². The van der Waals surface area contributed by atoms with Gasteiger partial charge < -0.3 is 15.4 Å². The van der Waals surface area contributed by atoms with E-state index >= 15 is 0 Å². The minimum Gasteiger partial charge on any atom is -0.497 e. The zero-order valence-corrected chi connectivity index (χ0v) is 18.0. The molecule has 9 heteroatoms. The van der Waals surface area contributed by atoms with Gasteiger partial charge in [0.15, 0.2) is 5.65 Å². The maximum absolute atomic E-state index is 12.7. The van der Waals surface area contributed by atoms with Crippen LogP contribution in [-0.4, -0.2) is 33.1 Å². The Bertz CT molecular complexity index is 1330. The SMILES string of the molecule is COc1ccc(CNC(=O)Cn2nc3ccc(C(=O)NCc4ccccc4)cn3c2=O)cc1. The summed E-state index contributed by atoms with van der Waals surface area (Å²) in [7, 11) is 1.59. The molecule has 2 N–H and O–H groups in total. The summed E-state index contributed by atoms with van der Waals surface area (Å²) >= 11 is 0. The third kappa shape index (κ3) is 5.27. The lowest BCUT2D eigenvalue weighted by Crippen LogP contribution is -2.32. The van der Waals surface area contributed by atoms with Crippen LogP contribution in [0.2, 0.25) is 0 Å². The average molecular weight is 445 g/mol. The molecule has 0 fully saturated rings. The molecule has 0 saturated carbocycles. The van der Waals surface area contributed by atoms with Gasteiger partial charge in [0, 0.05) is 19.3 Å². The number of rotatable bonds is 8. The van der Waals surface area contributed by atoms with Gasteiger partial charge in [-0.15, -0.1) is 5.10 Å². The van der Waals surface area contributed by atoms with Crippen LogP contribution in [0, 0.1) is 0 Å². The molecule has 0 aliphatic rings. The summed E-state index contributed by atoms with van der Waals surface area (Å²) in [5.74, 6) is 0.0734. The number of methoxy groups -OCH3 is 1. The van der Waals surface area contributed by atoms with Crippen molar-refractivity contribution in [3.63, 3.8) is 0 Å². The van der Waals surface area contributed by atoms with Crippen molar-refractivity contribution in [1.82, 2.24) is 24.8 Å². The Balaban J connectivity index is 1.40. The molecule has 168 valence electrons. The lowest BCUT2D eigenvalue weighted by Gasteiger charge is -2.06. The van der Waals surface area contributed by atoms with Gasteiger partial charge in [0.05, 0.1) is 12.7 Å². The molecule has 0 unspecified atom stereocenters. The normalized spacial score (nSPS) is 10.7. The predicted molar refractivity (Wildman–Crippen MR) is 122 cm³/mol. The molecule has 0 aliphatic heterocycles. The lowest BCUT2D eigenvalue weighted by atomic mass is 10.2. The Morgan fingerprint density at radius 2 is 1.61 bits per heavy atom. The van der Waals surface area contributed by atoms with Crippen molar-refractivity contribution in [2.75, 3.05) is 7.11 Å². The van der Waals surface area contributed by atoms with E-state index in [1.54, 1.807) is 19.2 Å². The fraction of sp³-hybridized carbons (Fsp3) is 0.167. The van der Waals surface area contributed by atoms with Gasteiger partial charge in [-0.1, -0.05) is 42.5 Å². The first-order valence-electron chi connectivity index (χ1n) is 10.3. The van der Waals surface area contributed by atoms with Crippen LogP contribution >= 0.6 is 0 Å². The number of aromatic nitrogens is 3. The number of ether oxygens (including phenoxy) is 1. The maximum atomic E-state index is 12.7. The summed E-state index contributed by atoms with van der Waals surface area (Å²) in [6.07, 6.45) is 1.43. The highest BCUT2D eigenvalue weighted by atomic mass is 16.5. The summed E-state index contributed by atoms with van der Waals surface area (Å²) in [5.41, 5.74) is 2.05. The molecule has 0 aliphatic carbocycles. The number of carbonyl (C=O) groups is 2. The Kier molecular flexibility index (Phi) is 6.49. The van der Waals surface area contributed by atoms with Crippen molar-refractivity contribution < 1.29 is 14.3 Å². The quantitative estimate of drug-likeness (QED) is 0.430. The van der Waals surface area contributed by atoms with E-state index in [4.69, 9.17) is 4.74 Å². The maximum Gasteiger partial charge on any atom is 0.350 e. The Morgan fingerprint density at radius 1 is 0.909 bits per heavy atom. The van der Waals surface area contributed by atoms with Crippen LogP contribution in [0.25, 0.3) is 5.65 Å². The second-order valence-electron chi connectivity index (χ2n) is 7.38. The molecule has 0 radical (unpaired) electrons. The van der Waals surface area contributed by atoms with E-state index in [-0.39, 0.29) is 18.4 Å². The van der Waals surface area contributed by atoms with Crippen LogP contribution in [0.15, 0.2) is 77.7 Å². The van der Waals surface area contributed by atoms with Crippen LogP contribution in [0.5, 0.6) is 5.75 Å². The van der Waals surface area contributed by atoms with Crippen molar-refractivity contribution in [2.45, 2.75) is 19.6 Å². The molecule has 4 rings (SSSR count). The minimum atomic E-state index is -0.498. The van der Waals surface area contributed by atoms with Gasteiger partial charge in [-0.25, -0.2) is 13.9 Å². The molecular formula is C24H23N5O4. The topological polar surface area (TPSA) is 107 Å². The van der Waals surface area contributed by atoms with Gasteiger partial charge >= 0.3 is 5.69 Å². The van der Waals surface area contributed by atoms with Gasteiger partial charge in [0.1, 0.15) is 12.3 Å². The predicted octanol–water partition coefficient (Wildman–Crippen LogP) is 1.75. The summed E-state index contributed by atoms with van der Waals surface area (Å²) in [4.78, 5) is 37.5. The lowest BCUT2D eigenvalue weighted by molar-refractivity contribution is -0.122. The van der Waals surface area contributed by atoms with E-state index in [0.29, 0.717) is 24.3 Å². The number of nitrogens with zero attached hydrogens (tertiary/aromatic N) is 3. The van der Waals surface area contributed by atoms with Crippen molar-refractivity contribution in [2.24, 2.45) is 0 Å². The van der Waals surface area contributed by atoms with Crippen molar-refractivity contribution in [1.29, 1.82) is 0 Å². The highest BCUT2D eigenvalue weighted by molar-refractivity contribution is 5.94. The molecule has 0 saturated heterocycles. The third-order valence-electron chi connectivity index (χ3n) is 5.08. The second kappa shape index (κ2) is 9.82. The number of fused-ring (bicyclic) bond motifs is 1. The molecule has 0 atom stereocenters. The fourth-order valence-corrected chi connectivity index (χ4v) is 3.27. The van der Waals surface area contributed by atoms with Gasteiger partial charge in [0.2, 0.25) is 5.91 Å². The zero-order chi connectivity index (χ0) is 23.2. The van der Waals surface area contributed by atoms with E-state index < -0.39 is 5.69 Å². The number of nitrogens with one attached hydrogen (secondary N) is 2. The summed E-state index contributed by atoms with van der Waals surface area (Å²) in [5, 5.41) is 9.77. The molecule has 2 aromatic carbocycles. The Labute approximate surface area is 189 Å². The van der Waals surface area contributed by atoms with Gasteiger partial charge in [-0.2, -0.15) is 0 Å². The monoisotopic (exact) mass is 445 g/mol. The largest absolute Gasteiger partial charge is 0.497 e. The molecular weight excluding hydrogens is 422 g/mol. The summed E-state index contributed by atoms with van der Waals surface area (Å²) < 4.78 is 7.44. The van der Waals surface area contributed by atoms with Crippen LogP contribution in [0.1, 0.15) is 21.5 Å². The highest BCUT2D eigenvalue weighted by Gasteiger charge is 2.13. The van der Waals surface area contributed by atoms with Crippen molar-refractivity contribution in [3.8, 4) is 5.75 Å². The standard InChI is InChI=1S/C24H23N5O4/c1-33-20-10-7-18(8-11-20)13-25-22(30)16-29-24(32)28-15-19(9-12-21(28)27-29)23(31)26-14-17-5-3-2-4-6-17/h2-12,15H,13-14,16H2,1H3,(H,25,30)(H,26,31). The Hall–Kier alpha value is -4.40. The first-order chi connectivity index (χ1) is 16.0. The smallest absolute Gasteiger partial charge is 0.350 e. The van der Waals surface area contributed by atoms with Gasteiger partial charge in [-0.05, 0) is 35.4 Å². The number of carbonyl (C=O) groups excluding carboxylic acids is 2. The molecule has 2 amide bonds. The number of amides is 2. The molecule has 0 bridgehead atoms. The highest BCUT2D eigenvalue weighted by Crippen LogP contribution is 2.11. The minimum absolute atomic E-state index is 0.230. The first kappa shape index (κ1) is 21.8. The molecule has 33 heavy (non-hydrogen) atoms. The van der Waals surface area contributed by atoms with Gasteiger partial charge in [-0.3, -0.25) is 9.59 Å². The van der Waals surface area contributed by atoms with E-state index in [1.165, 1.54) is 10.6 Å². The van der Waals surface area contributed by atoms with Crippen LogP contribution < -0.4 is 21.1 Å². The summed E-state index contributed by atoms with van der Waals surface area (Å²) in [6.45, 7) is 0.461. The third-order valence-corrected chi connectivity index (χ3v) is 5.08. The van der Waals surface area contributed by atoms with Crippen LogP contribution in [0.3, 0.4) is 0 Å². The van der Waals surface area contributed by atoms with Crippen LogP contribution in [-0.2, 0) is 24.4 Å². The van der Waals surface area contributed by atoms with E-state index in [1.807, 2.05) is 54.6 Å². The van der Waals surface area contributed by atoms with Crippen molar-refractivity contribution >= 4 is 17.5 Å². The molecule has 2 aromatic heterocycles. The summed E-state index contributed by atoms with van der Waals surface area (Å²) in [6, 6.07) is 20.0. The first-order valence-corrected chi connectivity index (χ1v) is 10.3. The molecule has 9 nitrogen and oxygen atoms in total.